The third kappa shape index (κ3) is 5.47. The lowest BCUT2D eigenvalue weighted by molar-refractivity contribution is -0.123. The summed E-state index contributed by atoms with van der Waals surface area (Å²) in [6, 6.07) is 10.8. The van der Waals surface area contributed by atoms with Gasteiger partial charge in [-0.1, -0.05) is 17.7 Å². The maximum absolute atomic E-state index is 12.0. The lowest BCUT2D eigenvalue weighted by Gasteiger charge is -2.10. The molecule has 0 heterocycles. The van der Waals surface area contributed by atoms with Crippen LogP contribution in [0.1, 0.15) is 20.7 Å². The second-order valence-corrected chi connectivity index (χ2v) is 6.23. The molecule has 0 radical (unpaired) electrons. The van der Waals surface area contributed by atoms with Gasteiger partial charge in [-0.05, 0) is 52.3 Å². The van der Waals surface area contributed by atoms with Crippen molar-refractivity contribution in [1.29, 1.82) is 0 Å². The van der Waals surface area contributed by atoms with Crippen molar-refractivity contribution in [2.75, 3.05) is 13.7 Å². The molecule has 0 atom stereocenters. The van der Waals surface area contributed by atoms with Gasteiger partial charge in [0.1, 0.15) is 5.75 Å². The van der Waals surface area contributed by atoms with Crippen molar-refractivity contribution in [3.63, 3.8) is 0 Å². The Labute approximate surface area is 162 Å². The number of benzene rings is 2. The molecule has 26 heavy (non-hydrogen) atoms. The highest BCUT2D eigenvalue weighted by molar-refractivity contribution is 9.10. The Morgan fingerprint density at radius 2 is 1.81 bits per heavy atom. The summed E-state index contributed by atoms with van der Waals surface area (Å²) in [4.78, 5) is 35.3. The number of esters is 1. The number of carbonyl (C=O) groups is 3. The Hall–Kier alpha value is -2.58. The van der Waals surface area contributed by atoms with Crippen LogP contribution < -0.4 is 15.6 Å². The summed E-state index contributed by atoms with van der Waals surface area (Å²) in [5.41, 5.74) is 4.88. The lowest BCUT2D eigenvalue weighted by atomic mass is 10.1. The molecule has 9 heteroatoms. The largest absolute Gasteiger partial charge is 0.483 e. The molecule has 2 amide bonds. The van der Waals surface area contributed by atoms with E-state index >= 15 is 0 Å². The van der Waals surface area contributed by atoms with Crippen LogP contribution in [0.3, 0.4) is 0 Å². The number of hydrogen-bond acceptors (Lipinski definition) is 5. The minimum Gasteiger partial charge on any atom is -0.483 e. The van der Waals surface area contributed by atoms with E-state index in [0.717, 1.165) is 0 Å². The Balaban J connectivity index is 1.87. The number of methoxy groups -OCH3 is 1. The molecular weight excluding hydrogens is 428 g/mol. The molecule has 0 saturated carbocycles. The summed E-state index contributed by atoms with van der Waals surface area (Å²) in [6.07, 6.45) is 0. The fourth-order valence-electron chi connectivity index (χ4n) is 1.88. The van der Waals surface area contributed by atoms with Gasteiger partial charge in [0, 0.05) is 10.6 Å². The number of hydrogen-bond donors (Lipinski definition) is 2. The van der Waals surface area contributed by atoms with Gasteiger partial charge in [0.15, 0.2) is 6.61 Å². The molecule has 2 aromatic rings. The zero-order chi connectivity index (χ0) is 19.1. The van der Waals surface area contributed by atoms with Crippen molar-refractivity contribution in [3.05, 3.63) is 63.1 Å². The number of rotatable bonds is 5. The molecule has 2 N–H and O–H groups in total. The monoisotopic (exact) mass is 440 g/mol. The van der Waals surface area contributed by atoms with Gasteiger partial charge >= 0.3 is 5.97 Å². The highest BCUT2D eigenvalue weighted by Crippen LogP contribution is 2.27. The maximum atomic E-state index is 12.0. The minimum atomic E-state index is -0.586. The van der Waals surface area contributed by atoms with Crippen LogP contribution in [0.5, 0.6) is 5.75 Å². The van der Waals surface area contributed by atoms with Crippen LogP contribution in [0.15, 0.2) is 46.9 Å². The molecule has 2 rings (SSSR count). The third-order valence-corrected chi connectivity index (χ3v) is 3.97. The van der Waals surface area contributed by atoms with Gasteiger partial charge in [0.25, 0.3) is 11.8 Å². The van der Waals surface area contributed by atoms with Crippen LogP contribution in [0.25, 0.3) is 0 Å². The smallest absolute Gasteiger partial charge is 0.337 e. The summed E-state index contributed by atoms with van der Waals surface area (Å²) in [5.74, 6) is -1.28. The zero-order valence-corrected chi connectivity index (χ0v) is 15.9. The highest BCUT2D eigenvalue weighted by atomic mass is 79.9. The molecule has 0 spiro atoms. The molecule has 0 aromatic heterocycles. The standard InChI is InChI=1S/C17H14BrClN2O5/c1-25-17(24)11-4-2-3-10(7-11)16(23)21-20-15(22)9-26-14-6-5-12(19)8-13(14)18/h2-8H,9H2,1H3,(H,20,22)(H,21,23). The first-order valence-corrected chi connectivity index (χ1v) is 8.43. The number of ether oxygens (including phenoxy) is 2. The van der Waals surface area contributed by atoms with Crippen molar-refractivity contribution in [1.82, 2.24) is 10.9 Å². The van der Waals surface area contributed by atoms with E-state index in [-0.39, 0.29) is 17.7 Å². The normalized spacial score (nSPS) is 9.96. The SMILES string of the molecule is COC(=O)c1cccc(C(=O)NNC(=O)COc2ccc(Cl)cc2Br)c1. The molecule has 0 aliphatic heterocycles. The van der Waals surface area contributed by atoms with Crippen LogP contribution in [0, 0.1) is 0 Å². The van der Waals surface area contributed by atoms with Crippen LogP contribution in [0.2, 0.25) is 5.02 Å². The van der Waals surface area contributed by atoms with Crippen molar-refractivity contribution in [3.8, 4) is 5.75 Å². The summed E-state index contributed by atoms with van der Waals surface area (Å²) < 4.78 is 10.5. The van der Waals surface area contributed by atoms with Gasteiger partial charge in [-0.3, -0.25) is 20.4 Å². The molecule has 0 bridgehead atoms. The van der Waals surface area contributed by atoms with Gasteiger partial charge in [-0.25, -0.2) is 4.79 Å². The van der Waals surface area contributed by atoms with Gasteiger partial charge in [0.05, 0.1) is 17.1 Å². The molecule has 0 unspecified atom stereocenters. The van der Waals surface area contributed by atoms with E-state index in [2.05, 4.69) is 31.5 Å². The Morgan fingerprint density at radius 3 is 2.50 bits per heavy atom. The molecule has 0 aliphatic carbocycles. The number of halogens is 2. The first-order chi connectivity index (χ1) is 12.4. The fourth-order valence-corrected chi connectivity index (χ4v) is 2.67. The topological polar surface area (TPSA) is 93.7 Å². The highest BCUT2D eigenvalue weighted by Gasteiger charge is 2.12. The second-order valence-electron chi connectivity index (χ2n) is 4.94. The van der Waals surface area contributed by atoms with Crippen LogP contribution in [-0.4, -0.2) is 31.5 Å². The lowest BCUT2D eigenvalue weighted by Crippen LogP contribution is -2.43. The Morgan fingerprint density at radius 1 is 1.08 bits per heavy atom. The summed E-state index contributed by atoms with van der Waals surface area (Å²) in [6.45, 7) is -0.317. The van der Waals surface area contributed by atoms with Gasteiger partial charge in [-0.15, -0.1) is 0 Å². The summed E-state index contributed by atoms with van der Waals surface area (Å²) in [5, 5.41) is 0.523. The summed E-state index contributed by atoms with van der Waals surface area (Å²) in [7, 11) is 1.24. The van der Waals surface area contributed by atoms with E-state index in [4.69, 9.17) is 16.3 Å². The van der Waals surface area contributed by atoms with Crippen molar-refractivity contribution >= 4 is 45.3 Å². The molecule has 0 aliphatic rings. The Bertz CT molecular complexity index is 844. The average molecular weight is 442 g/mol. The van der Waals surface area contributed by atoms with E-state index < -0.39 is 17.8 Å². The number of carbonyl (C=O) groups excluding carboxylic acids is 3. The molecule has 0 saturated heterocycles. The number of hydrazine groups is 1. The van der Waals surface area contributed by atoms with E-state index in [1.807, 2.05) is 0 Å². The van der Waals surface area contributed by atoms with Gasteiger partial charge in [-0.2, -0.15) is 0 Å². The number of nitrogens with one attached hydrogen (secondary N) is 2. The average Bonchev–Trinajstić information content (AvgIpc) is 2.64. The Kier molecular flexibility index (Phi) is 6.99. The zero-order valence-electron chi connectivity index (χ0n) is 13.5. The van der Waals surface area contributed by atoms with Gasteiger partial charge < -0.3 is 9.47 Å². The van der Waals surface area contributed by atoms with E-state index in [1.165, 1.54) is 31.4 Å². The van der Waals surface area contributed by atoms with E-state index in [9.17, 15) is 14.4 Å². The summed E-state index contributed by atoms with van der Waals surface area (Å²) >= 11 is 9.09. The molecule has 2 aromatic carbocycles. The van der Waals surface area contributed by atoms with Gasteiger partial charge in [0.2, 0.25) is 0 Å². The van der Waals surface area contributed by atoms with Crippen LogP contribution >= 0.6 is 27.5 Å². The molecule has 7 nitrogen and oxygen atoms in total. The first kappa shape index (κ1) is 19.7. The second kappa shape index (κ2) is 9.21. The van der Waals surface area contributed by atoms with Crippen molar-refractivity contribution < 1.29 is 23.9 Å². The van der Waals surface area contributed by atoms with E-state index in [1.54, 1.807) is 18.2 Å². The van der Waals surface area contributed by atoms with Crippen molar-refractivity contribution in [2.24, 2.45) is 0 Å². The maximum Gasteiger partial charge on any atom is 0.337 e. The molecule has 0 fully saturated rings. The van der Waals surface area contributed by atoms with Crippen LogP contribution in [0.4, 0.5) is 0 Å². The molecule has 136 valence electrons. The van der Waals surface area contributed by atoms with Crippen molar-refractivity contribution in [2.45, 2.75) is 0 Å². The quantitative estimate of drug-likeness (QED) is 0.550. The predicted molar refractivity (Wildman–Crippen MR) is 98.0 cm³/mol. The predicted octanol–water partition coefficient (Wildman–Crippen LogP) is 2.73. The first-order valence-electron chi connectivity index (χ1n) is 7.26. The fraction of sp³-hybridized carbons (Fsp3) is 0.118. The van der Waals surface area contributed by atoms with E-state index in [0.29, 0.717) is 15.2 Å². The third-order valence-electron chi connectivity index (χ3n) is 3.11. The number of amides is 2. The van der Waals surface area contributed by atoms with Crippen LogP contribution in [-0.2, 0) is 9.53 Å². The molecular formula is C17H14BrClN2O5. The minimum absolute atomic E-state index is 0.189.